The molecule has 0 spiro atoms. The van der Waals surface area contributed by atoms with Crippen molar-refractivity contribution in [2.75, 3.05) is 52.4 Å². The van der Waals surface area contributed by atoms with Crippen LogP contribution in [0.2, 0.25) is 0 Å². The second-order valence-corrected chi connectivity index (χ2v) is 10.3. The Balaban J connectivity index is 1.43. The van der Waals surface area contributed by atoms with Crippen LogP contribution in [0.15, 0.2) is 23.1 Å². The fourth-order valence-corrected chi connectivity index (χ4v) is 5.52. The van der Waals surface area contributed by atoms with E-state index in [1.807, 2.05) is 24.8 Å². The first-order valence-electron chi connectivity index (χ1n) is 11.7. The molecule has 0 aromatic heterocycles. The predicted octanol–water partition coefficient (Wildman–Crippen LogP) is 1.25. The highest BCUT2D eigenvalue weighted by molar-refractivity contribution is 7.89. The first-order valence-corrected chi connectivity index (χ1v) is 13.2. The number of likely N-dealkylation sites (N-methyl/N-ethyl adjacent to an activating group) is 1. The van der Waals surface area contributed by atoms with Gasteiger partial charge in [-0.2, -0.15) is 0 Å². The number of hydrogen-bond donors (Lipinski definition) is 1. The highest BCUT2D eigenvalue weighted by atomic mass is 32.2. The number of fused-ring (bicyclic) bond motifs is 1. The topological polar surface area (TPSA) is 90.0 Å². The van der Waals surface area contributed by atoms with Gasteiger partial charge in [-0.15, -0.1) is 0 Å². The lowest BCUT2D eigenvalue weighted by Crippen LogP contribution is -2.51. The summed E-state index contributed by atoms with van der Waals surface area (Å²) in [4.78, 5) is 30.7. The van der Waals surface area contributed by atoms with Crippen LogP contribution in [0, 0.1) is 0 Å². The molecule has 1 aliphatic carbocycles. The molecular weight excluding hydrogens is 428 g/mol. The fourth-order valence-electron chi connectivity index (χ4n) is 4.43. The Bertz CT molecular complexity index is 907. The van der Waals surface area contributed by atoms with Crippen molar-refractivity contribution < 1.29 is 18.0 Å². The Morgan fingerprint density at radius 3 is 2.31 bits per heavy atom. The van der Waals surface area contributed by atoms with Crippen LogP contribution in [0.25, 0.3) is 0 Å². The van der Waals surface area contributed by atoms with Crippen molar-refractivity contribution >= 4 is 21.8 Å². The number of piperazine rings is 1. The zero-order chi connectivity index (χ0) is 23.1. The smallest absolute Gasteiger partial charge is 0.240 e. The SMILES string of the molecule is CCN(CC)C(=O)CN1CCN(C(=O)CCNS(=O)(=O)c2ccc3c(c2)CCCC3)CC1. The molecule has 178 valence electrons. The van der Waals surface area contributed by atoms with Gasteiger partial charge in [0, 0.05) is 52.2 Å². The van der Waals surface area contributed by atoms with Gasteiger partial charge in [0.05, 0.1) is 11.4 Å². The molecule has 0 atom stereocenters. The summed E-state index contributed by atoms with van der Waals surface area (Å²) in [5.41, 5.74) is 2.36. The zero-order valence-corrected chi connectivity index (χ0v) is 20.1. The second-order valence-electron chi connectivity index (χ2n) is 8.51. The average Bonchev–Trinajstić information content (AvgIpc) is 2.80. The quantitative estimate of drug-likeness (QED) is 0.594. The van der Waals surface area contributed by atoms with Crippen molar-refractivity contribution in [3.05, 3.63) is 29.3 Å². The Labute approximate surface area is 192 Å². The van der Waals surface area contributed by atoms with Crippen molar-refractivity contribution in [3.8, 4) is 0 Å². The average molecular weight is 465 g/mol. The normalized spacial score (nSPS) is 17.1. The van der Waals surface area contributed by atoms with Crippen molar-refractivity contribution in [2.24, 2.45) is 0 Å². The summed E-state index contributed by atoms with van der Waals surface area (Å²) in [6.45, 7) is 8.23. The third-order valence-electron chi connectivity index (χ3n) is 6.46. The number of rotatable bonds is 9. The first-order chi connectivity index (χ1) is 15.3. The molecule has 1 saturated heterocycles. The van der Waals surface area contributed by atoms with Crippen molar-refractivity contribution in [2.45, 2.75) is 50.8 Å². The summed E-state index contributed by atoms with van der Waals surface area (Å²) < 4.78 is 27.9. The maximum Gasteiger partial charge on any atom is 0.240 e. The van der Waals surface area contributed by atoms with E-state index in [1.165, 1.54) is 5.56 Å². The second kappa shape index (κ2) is 11.2. The molecule has 0 radical (unpaired) electrons. The van der Waals surface area contributed by atoms with Crippen LogP contribution in [0.5, 0.6) is 0 Å². The third-order valence-corrected chi connectivity index (χ3v) is 7.92. The van der Waals surface area contributed by atoms with Gasteiger partial charge in [0.2, 0.25) is 21.8 Å². The van der Waals surface area contributed by atoms with Crippen molar-refractivity contribution in [1.29, 1.82) is 0 Å². The van der Waals surface area contributed by atoms with Crippen molar-refractivity contribution in [1.82, 2.24) is 19.4 Å². The maximum absolute atomic E-state index is 12.6. The van der Waals surface area contributed by atoms with Gasteiger partial charge in [-0.25, -0.2) is 13.1 Å². The van der Waals surface area contributed by atoms with E-state index >= 15 is 0 Å². The van der Waals surface area contributed by atoms with Crippen molar-refractivity contribution in [3.63, 3.8) is 0 Å². The molecule has 2 aliphatic rings. The number of nitrogens with one attached hydrogen (secondary N) is 1. The number of benzene rings is 1. The van der Waals surface area contributed by atoms with Crippen LogP contribution in [0.1, 0.15) is 44.2 Å². The van der Waals surface area contributed by atoms with Gasteiger partial charge < -0.3 is 9.80 Å². The van der Waals surface area contributed by atoms with Crippen LogP contribution in [-0.2, 0) is 32.5 Å². The molecule has 0 saturated carbocycles. The number of sulfonamides is 1. The standard InChI is InChI=1S/C23H36N4O4S/c1-3-26(4-2)23(29)18-25-13-15-27(16-14-25)22(28)11-12-24-32(30,31)21-10-9-19-7-5-6-8-20(19)17-21/h9-10,17,24H,3-8,11-16,18H2,1-2H3. The van der Waals surface area contributed by atoms with Crippen LogP contribution in [0.3, 0.4) is 0 Å². The summed E-state index contributed by atoms with van der Waals surface area (Å²) in [7, 11) is -3.63. The molecule has 0 bridgehead atoms. The van der Waals surface area contributed by atoms with E-state index in [4.69, 9.17) is 0 Å². The van der Waals surface area contributed by atoms with E-state index < -0.39 is 10.0 Å². The minimum atomic E-state index is -3.63. The van der Waals surface area contributed by atoms with Gasteiger partial charge in [0.1, 0.15) is 0 Å². The molecular formula is C23H36N4O4S. The van der Waals surface area contributed by atoms with E-state index in [-0.39, 0.29) is 29.7 Å². The first kappa shape index (κ1) is 24.7. The molecule has 1 aromatic carbocycles. The molecule has 9 heteroatoms. The van der Waals surface area contributed by atoms with Gasteiger partial charge in [-0.05, 0) is 62.8 Å². The number of aryl methyl sites for hydroxylation is 2. The van der Waals surface area contributed by atoms with E-state index in [2.05, 4.69) is 9.62 Å². The minimum Gasteiger partial charge on any atom is -0.342 e. The van der Waals surface area contributed by atoms with Gasteiger partial charge in [-0.1, -0.05) is 6.07 Å². The summed E-state index contributed by atoms with van der Waals surface area (Å²) in [6.07, 6.45) is 4.30. The summed E-state index contributed by atoms with van der Waals surface area (Å²) in [5, 5.41) is 0. The number of carbonyl (C=O) groups excluding carboxylic acids is 2. The van der Waals surface area contributed by atoms with Gasteiger partial charge in [-0.3, -0.25) is 14.5 Å². The molecule has 1 aromatic rings. The van der Waals surface area contributed by atoms with Crippen LogP contribution in [-0.4, -0.2) is 87.3 Å². The Kier molecular flexibility index (Phi) is 8.67. The van der Waals surface area contributed by atoms with Crippen LogP contribution >= 0.6 is 0 Å². The summed E-state index contributed by atoms with van der Waals surface area (Å²) in [5.74, 6) is 0.0548. The van der Waals surface area contributed by atoms with E-state index in [9.17, 15) is 18.0 Å². The Morgan fingerprint density at radius 2 is 1.66 bits per heavy atom. The molecule has 1 fully saturated rings. The number of hydrogen-bond acceptors (Lipinski definition) is 5. The molecule has 1 N–H and O–H groups in total. The predicted molar refractivity (Wildman–Crippen MR) is 124 cm³/mol. The molecule has 32 heavy (non-hydrogen) atoms. The van der Waals surface area contributed by atoms with E-state index in [1.54, 1.807) is 17.0 Å². The summed E-state index contributed by atoms with van der Waals surface area (Å²) in [6, 6.07) is 5.35. The molecule has 2 amide bonds. The monoisotopic (exact) mass is 464 g/mol. The molecule has 8 nitrogen and oxygen atoms in total. The van der Waals surface area contributed by atoms with Crippen LogP contribution in [0.4, 0.5) is 0 Å². The lowest BCUT2D eigenvalue weighted by atomic mass is 9.92. The zero-order valence-electron chi connectivity index (χ0n) is 19.3. The highest BCUT2D eigenvalue weighted by Gasteiger charge is 2.24. The van der Waals surface area contributed by atoms with Gasteiger partial charge in [0.25, 0.3) is 0 Å². The minimum absolute atomic E-state index is 0.0622. The largest absolute Gasteiger partial charge is 0.342 e. The van der Waals surface area contributed by atoms with E-state index in [0.29, 0.717) is 45.8 Å². The lowest BCUT2D eigenvalue weighted by Gasteiger charge is -2.35. The number of nitrogens with zero attached hydrogens (tertiary/aromatic N) is 3. The van der Waals surface area contributed by atoms with Gasteiger partial charge in [0.15, 0.2) is 0 Å². The fraction of sp³-hybridized carbons (Fsp3) is 0.652. The van der Waals surface area contributed by atoms with Gasteiger partial charge >= 0.3 is 0 Å². The number of carbonyl (C=O) groups is 2. The van der Waals surface area contributed by atoms with E-state index in [0.717, 1.165) is 31.2 Å². The Morgan fingerprint density at radius 1 is 1.00 bits per heavy atom. The molecule has 1 heterocycles. The Hall–Kier alpha value is -1.97. The number of amides is 2. The molecule has 3 rings (SSSR count). The highest BCUT2D eigenvalue weighted by Crippen LogP contribution is 2.24. The third kappa shape index (κ3) is 6.30. The molecule has 0 unspecified atom stereocenters. The van der Waals surface area contributed by atoms with Crippen LogP contribution < -0.4 is 4.72 Å². The maximum atomic E-state index is 12.6. The summed E-state index contributed by atoms with van der Waals surface area (Å²) >= 11 is 0. The lowest BCUT2D eigenvalue weighted by molar-refractivity contribution is -0.134. The molecule has 1 aliphatic heterocycles.